The van der Waals surface area contributed by atoms with Crippen LogP contribution in [0.2, 0.25) is 0 Å². The third kappa shape index (κ3) is 5.87. The van der Waals surface area contributed by atoms with Crippen LogP contribution >= 0.6 is 0 Å². The molecule has 0 heterocycles. The Morgan fingerprint density at radius 1 is 1.18 bits per heavy atom. The molecule has 0 amide bonds. The van der Waals surface area contributed by atoms with E-state index in [2.05, 4.69) is 6.07 Å². The maximum Gasteiger partial charge on any atom is 0.0683 e. The first kappa shape index (κ1) is 10.4. The number of nitrogens with zero attached hydrogens (tertiary/aromatic N) is 1. The molecule has 0 atom stereocenters. The number of rotatable bonds is 3. The first-order chi connectivity index (χ1) is 4.77. The van der Waals surface area contributed by atoms with Gasteiger partial charge in [0.05, 0.1) is 11.5 Å². The molecule has 0 aromatic heterocycles. The van der Waals surface area contributed by atoms with Crippen LogP contribution in [0.1, 0.15) is 40.5 Å². The lowest BCUT2D eigenvalue weighted by Crippen LogP contribution is -2.33. The average molecular weight is 154 g/mol. The molecule has 0 aliphatic heterocycles. The first-order valence-electron chi connectivity index (χ1n) is 3.97. The lowest BCUT2D eigenvalue weighted by atomic mass is 9.85. The first-order valence-corrected chi connectivity index (χ1v) is 3.97. The van der Waals surface area contributed by atoms with Gasteiger partial charge in [0.1, 0.15) is 0 Å². The van der Waals surface area contributed by atoms with Gasteiger partial charge in [-0.2, -0.15) is 5.26 Å². The second-order valence-corrected chi connectivity index (χ2v) is 4.48. The Hall–Kier alpha value is -0.550. The highest BCUT2D eigenvalue weighted by Crippen LogP contribution is 2.23. The highest BCUT2D eigenvalue weighted by atomic mass is 14.7. The fourth-order valence-electron chi connectivity index (χ4n) is 0.691. The number of nitriles is 1. The third-order valence-corrected chi connectivity index (χ3v) is 1.70. The standard InChI is InChI=1S/C9H18N2/c1-8(2,7-10)5-6-9(3,4)11/h5-6,11H2,1-4H3. The second-order valence-electron chi connectivity index (χ2n) is 4.48. The summed E-state index contributed by atoms with van der Waals surface area (Å²) in [5, 5.41) is 8.70. The predicted molar refractivity (Wildman–Crippen MR) is 46.9 cm³/mol. The third-order valence-electron chi connectivity index (χ3n) is 1.70. The summed E-state index contributed by atoms with van der Waals surface area (Å²) in [6, 6.07) is 2.26. The number of hydrogen-bond donors (Lipinski definition) is 1. The highest BCUT2D eigenvalue weighted by molar-refractivity contribution is 4.93. The van der Waals surface area contributed by atoms with Crippen molar-refractivity contribution in [2.75, 3.05) is 0 Å². The molecule has 0 saturated heterocycles. The lowest BCUT2D eigenvalue weighted by Gasteiger charge is -2.23. The van der Waals surface area contributed by atoms with Gasteiger partial charge in [-0.1, -0.05) is 0 Å². The van der Waals surface area contributed by atoms with Crippen molar-refractivity contribution in [3.8, 4) is 6.07 Å². The van der Waals surface area contributed by atoms with E-state index in [0.29, 0.717) is 0 Å². The van der Waals surface area contributed by atoms with Gasteiger partial charge in [0.2, 0.25) is 0 Å². The number of nitrogens with two attached hydrogens (primary N) is 1. The van der Waals surface area contributed by atoms with E-state index >= 15 is 0 Å². The molecule has 0 aromatic carbocycles. The zero-order chi connectivity index (χ0) is 9.12. The second kappa shape index (κ2) is 3.23. The van der Waals surface area contributed by atoms with Crippen LogP contribution in [0.3, 0.4) is 0 Å². The molecular weight excluding hydrogens is 136 g/mol. The highest BCUT2D eigenvalue weighted by Gasteiger charge is 2.20. The molecule has 64 valence electrons. The summed E-state index contributed by atoms with van der Waals surface area (Å²) in [5.41, 5.74) is 5.42. The molecule has 0 radical (unpaired) electrons. The van der Waals surface area contributed by atoms with E-state index in [9.17, 15) is 0 Å². The van der Waals surface area contributed by atoms with Gasteiger partial charge in [-0.05, 0) is 40.5 Å². The fourth-order valence-corrected chi connectivity index (χ4v) is 0.691. The van der Waals surface area contributed by atoms with Crippen LogP contribution in [0.4, 0.5) is 0 Å². The van der Waals surface area contributed by atoms with Crippen LogP contribution in [0.5, 0.6) is 0 Å². The molecule has 0 aliphatic carbocycles. The summed E-state index contributed by atoms with van der Waals surface area (Å²) in [6.45, 7) is 7.86. The van der Waals surface area contributed by atoms with Crippen LogP contribution in [0.25, 0.3) is 0 Å². The Bertz CT molecular complexity index is 157. The van der Waals surface area contributed by atoms with Crippen molar-refractivity contribution < 1.29 is 0 Å². The zero-order valence-electron chi connectivity index (χ0n) is 7.94. The molecule has 0 aromatic rings. The Kier molecular flexibility index (Phi) is 3.07. The van der Waals surface area contributed by atoms with Crippen LogP contribution < -0.4 is 5.73 Å². The van der Waals surface area contributed by atoms with Gasteiger partial charge >= 0.3 is 0 Å². The summed E-state index contributed by atoms with van der Waals surface area (Å²) in [5.74, 6) is 0. The van der Waals surface area contributed by atoms with Gasteiger partial charge in [-0.15, -0.1) is 0 Å². The van der Waals surface area contributed by atoms with Gasteiger partial charge in [0, 0.05) is 5.54 Å². The van der Waals surface area contributed by atoms with E-state index in [4.69, 9.17) is 11.0 Å². The maximum absolute atomic E-state index is 8.70. The van der Waals surface area contributed by atoms with Crippen LogP contribution in [-0.4, -0.2) is 5.54 Å². The molecule has 2 heteroatoms. The van der Waals surface area contributed by atoms with Crippen molar-refractivity contribution in [2.24, 2.45) is 11.1 Å². The van der Waals surface area contributed by atoms with E-state index in [1.807, 2.05) is 27.7 Å². The summed E-state index contributed by atoms with van der Waals surface area (Å²) >= 11 is 0. The van der Waals surface area contributed by atoms with Gasteiger partial charge in [-0.25, -0.2) is 0 Å². The van der Waals surface area contributed by atoms with E-state index in [0.717, 1.165) is 12.8 Å². The largest absolute Gasteiger partial charge is 0.326 e. The van der Waals surface area contributed by atoms with Crippen molar-refractivity contribution in [3.63, 3.8) is 0 Å². The van der Waals surface area contributed by atoms with E-state index in [-0.39, 0.29) is 11.0 Å². The topological polar surface area (TPSA) is 49.8 Å². The Morgan fingerprint density at radius 3 is 1.91 bits per heavy atom. The van der Waals surface area contributed by atoms with Crippen molar-refractivity contribution in [3.05, 3.63) is 0 Å². The normalized spacial score (nSPS) is 12.7. The van der Waals surface area contributed by atoms with Crippen molar-refractivity contribution in [1.29, 1.82) is 5.26 Å². The molecule has 11 heavy (non-hydrogen) atoms. The monoisotopic (exact) mass is 154 g/mol. The molecule has 0 spiro atoms. The molecule has 2 nitrogen and oxygen atoms in total. The molecule has 0 fully saturated rings. The molecule has 0 bridgehead atoms. The van der Waals surface area contributed by atoms with Crippen molar-refractivity contribution >= 4 is 0 Å². The van der Waals surface area contributed by atoms with Gasteiger partial charge < -0.3 is 5.73 Å². The average Bonchev–Trinajstić information content (AvgIpc) is 1.83. The quantitative estimate of drug-likeness (QED) is 0.676. The summed E-state index contributed by atoms with van der Waals surface area (Å²) in [6.07, 6.45) is 1.76. The van der Waals surface area contributed by atoms with Crippen LogP contribution in [-0.2, 0) is 0 Å². The van der Waals surface area contributed by atoms with Gasteiger partial charge in [0.15, 0.2) is 0 Å². The predicted octanol–water partition coefficient (Wildman–Crippen LogP) is 2.05. The minimum absolute atomic E-state index is 0.145. The van der Waals surface area contributed by atoms with Crippen molar-refractivity contribution in [1.82, 2.24) is 0 Å². The SMILES string of the molecule is CC(C)(N)CCC(C)(C)C#N. The summed E-state index contributed by atoms with van der Waals surface area (Å²) in [4.78, 5) is 0. The Labute approximate surface area is 69.4 Å². The van der Waals surface area contributed by atoms with E-state index in [1.165, 1.54) is 0 Å². The van der Waals surface area contributed by atoms with Crippen LogP contribution in [0, 0.1) is 16.7 Å². The molecule has 0 rings (SSSR count). The lowest BCUT2D eigenvalue weighted by molar-refractivity contribution is 0.360. The summed E-state index contributed by atoms with van der Waals surface area (Å²) < 4.78 is 0. The minimum atomic E-state index is -0.226. The molecule has 0 aliphatic rings. The van der Waals surface area contributed by atoms with E-state index < -0.39 is 0 Å². The van der Waals surface area contributed by atoms with Gasteiger partial charge in [-0.3, -0.25) is 0 Å². The zero-order valence-corrected chi connectivity index (χ0v) is 7.94. The van der Waals surface area contributed by atoms with Gasteiger partial charge in [0.25, 0.3) is 0 Å². The molecular formula is C9H18N2. The Balaban J connectivity index is 3.83. The molecule has 0 unspecified atom stereocenters. The molecule has 0 saturated carbocycles. The Morgan fingerprint density at radius 2 is 1.64 bits per heavy atom. The smallest absolute Gasteiger partial charge is 0.0683 e. The number of hydrogen-bond acceptors (Lipinski definition) is 2. The van der Waals surface area contributed by atoms with Crippen molar-refractivity contribution in [2.45, 2.75) is 46.1 Å². The minimum Gasteiger partial charge on any atom is -0.326 e. The van der Waals surface area contributed by atoms with E-state index in [1.54, 1.807) is 0 Å². The molecule has 2 N–H and O–H groups in total. The van der Waals surface area contributed by atoms with Crippen LogP contribution in [0.15, 0.2) is 0 Å². The fraction of sp³-hybridized carbons (Fsp3) is 0.889. The summed E-state index contributed by atoms with van der Waals surface area (Å²) in [7, 11) is 0. The maximum atomic E-state index is 8.70.